The van der Waals surface area contributed by atoms with Crippen LogP contribution in [0.25, 0.3) is 6.08 Å². The van der Waals surface area contributed by atoms with Crippen LogP contribution in [0.3, 0.4) is 0 Å². The van der Waals surface area contributed by atoms with Crippen LogP contribution in [0.1, 0.15) is 11.5 Å². The first-order valence-electron chi connectivity index (χ1n) is 5.02. The van der Waals surface area contributed by atoms with Gasteiger partial charge in [0.15, 0.2) is 11.6 Å². The summed E-state index contributed by atoms with van der Waals surface area (Å²) in [7, 11) is 0. The molecule has 0 aliphatic carbocycles. The minimum absolute atomic E-state index is 0.271. The number of nitrogens with one attached hydrogen (secondary N) is 1. The summed E-state index contributed by atoms with van der Waals surface area (Å²) in [5, 5.41) is 2.63. The Kier molecular flexibility index (Phi) is 2.15. The Hall–Kier alpha value is -2.56. The zero-order valence-electron chi connectivity index (χ0n) is 8.71. The molecule has 0 unspecified atom stereocenters. The third kappa shape index (κ3) is 1.78. The highest BCUT2D eigenvalue weighted by atomic mass is 16.3. The molecule has 5 heteroatoms. The van der Waals surface area contributed by atoms with Crippen LogP contribution in [-0.4, -0.2) is 11.7 Å². The standard InChI is InChI=1S/C12H8N2O3/c15-12-9(7-8-3-1-5-16-8)13-11(14-12)10-4-2-6-17-10/h1-7H,(H,13,14,15)/b9-7+. The number of rotatable bonds is 2. The fourth-order valence-corrected chi connectivity index (χ4v) is 1.51. The van der Waals surface area contributed by atoms with E-state index in [1.54, 1.807) is 30.3 Å². The Morgan fingerprint density at radius 2 is 2.00 bits per heavy atom. The van der Waals surface area contributed by atoms with Gasteiger partial charge in [-0.05, 0) is 24.3 Å². The minimum Gasteiger partial charge on any atom is -0.465 e. The van der Waals surface area contributed by atoms with Crippen molar-refractivity contribution in [1.82, 2.24) is 5.32 Å². The van der Waals surface area contributed by atoms with Crippen molar-refractivity contribution in [1.29, 1.82) is 0 Å². The third-order valence-corrected chi connectivity index (χ3v) is 2.27. The molecule has 0 radical (unpaired) electrons. The largest absolute Gasteiger partial charge is 0.465 e. The number of aliphatic imine (C=N–C) groups is 1. The monoisotopic (exact) mass is 228 g/mol. The molecular weight excluding hydrogens is 220 g/mol. The van der Waals surface area contributed by atoms with Gasteiger partial charge in [-0.15, -0.1) is 0 Å². The summed E-state index contributed by atoms with van der Waals surface area (Å²) in [5.41, 5.74) is 0.298. The molecule has 2 aromatic rings. The van der Waals surface area contributed by atoms with E-state index < -0.39 is 0 Å². The van der Waals surface area contributed by atoms with Gasteiger partial charge >= 0.3 is 0 Å². The molecule has 0 atom stereocenters. The maximum atomic E-state index is 11.6. The molecule has 0 aromatic carbocycles. The molecular formula is C12H8N2O3. The summed E-state index contributed by atoms with van der Waals surface area (Å²) in [5.74, 6) is 1.26. The fourth-order valence-electron chi connectivity index (χ4n) is 1.51. The van der Waals surface area contributed by atoms with E-state index in [4.69, 9.17) is 8.83 Å². The van der Waals surface area contributed by atoms with Gasteiger partial charge in [0.1, 0.15) is 11.5 Å². The molecule has 3 rings (SSSR count). The minimum atomic E-state index is -0.271. The average molecular weight is 228 g/mol. The molecule has 0 saturated carbocycles. The molecule has 3 heterocycles. The van der Waals surface area contributed by atoms with Crippen molar-refractivity contribution in [3.05, 3.63) is 54.0 Å². The summed E-state index contributed by atoms with van der Waals surface area (Å²) in [6.07, 6.45) is 4.64. The van der Waals surface area contributed by atoms with E-state index in [1.807, 2.05) is 0 Å². The molecule has 1 aliphatic heterocycles. The van der Waals surface area contributed by atoms with Gasteiger partial charge < -0.3 is 14.2 Å². The van der Waals surface area contributed by atoms with Gasteiger partial charge in [0, 0.05) is 6.08 Å². The number of furan rings is 2. The summed E-state index contributed by atoms with van der Waals surface area (Å²) in [4.78, 5) is 15.8. The second-order valence-electron chi connectivity index (χ2n) is 3.44. The number of hydrogen-bond acceptors (Lipinski definition) is 4. The van der Waals surface area contributed by atoms with Crippen molar-refractivity contribution in [2.45, 2.75) is 0 Å². The van der Waals surface area contributed by atoms with Crippen LogP contribution in [0.4, 0.5) is 0 Å². The number of carbonyl (C=O) groups is 1. The van der Waals surface area contributed by atoms with E-state index in [9.17, 15) is 4.79 Å². The van der Waals surface area contributed by atoms with Crippen molar-refractivity contribution in [3.63, 3.8) is 0 Å². The maximum Gasteiger partial charge on any atom is 0.275 e. The van der Waals surface area contributed by atoms with Crippen LogP contribution in [0.2, 0.25) is 0 Å². The topological polar surface area (TPSA) is 67.7 Å². The lowest BCUT2D eigenvalue weighted by molar-refractivity contribution is -0.115. The van der Waals surface area contributed by atoms with Crippen LogP contribution < -0.4 is 5.32 Å². The molecule has 0 saturated heterocycles. The summed E-state index contributed by atoms with van der Waals surface area (Å²) in [6, 6.07) is 6.96. The van der Waals surface area contributed by atoms with Gasteiger partial charge in [-0.3, -0.25) is 4.79 Å². The van der Waals surface area contributed by atoms with E-state index in [0.717, 1.165) is 0 Å². The predicted molar refractivity (Wildman–Crippen MR) is 60.1 cm³/mol. The molecule has 1 aliphatic rings. The van der Waals surface area contributed by atoms with Gasteiger partial charge in [-0.25, -0.2) is 4.99 Å². The highest BCUT2D eigenvalue weighted by Crippen LogP contribution is 2.15. The van der Waals surface area contributed by atoms with E-state index in [1.165, 1.54) is 12.5 Å². The molecule has 0 fully saturated rings. The summed E-state index contributed by atoms with van der Waals surface area (Å²) in [6.45, 7) is 0. The molecule has 5 nitrogen and oxygen atoms in total. The van der Waals surface area contributed by atoms with Gasteiger partial charge in [-0.2, -0.15) is 0 Å². The summed E-state index contributed by atoms with van der Waals surface area (Å²) < 4.78 is 10.3. The Balaban J connectivity index is 1.95. The van der Waals surface area contributed by atoms with Crippen LogP contribution in [-0.2, 0) is 4.79 Å². The van der Waals surface area contributed by atoms with E-state index in [-0.39, 0.29) is 5.91 Å². The number of carbonyl (C=O) groups excluding carboxylic acids is 1. The lowest BCUT2D eigenvalue weighted by Crippen LogP contribution is -2.24. The highest BCUT2D eigenvalue weighted by Gasteiger charge is 2.22. The Morgan fingerprint density at radius 1 is 1.18 bits per heavy atom. The van der Waals surface area contributed by atoms with Crippen LogP contribution >= 0.6 is 0 Å². The Labute approximate surface area is 96.4 Å². The number of nitrogens with zero attached hydrogens (tertiary/aromatic N) is 1. The molecule has 17 heavy (non-hydrogen) atoms. The second kappa shape index (κ2) is 3.79. The van der Waals surface area contributed by atoms with Gasteiger partial charge in [-0.1, -0.05) is 0 Å². The van der Waals surface area contributed by atoms with Crippen LogP contribution in [0.15, 0.2) is 56.3 Å². The lowest BCUT2D eigenvalue weighted by atomic mass is 10.3. The predicted octanol–water partition coefficient (Wildman–Crippen LogP) is 1.79. The van der Waals surface area contributed by atoms with Crippen LogP contribution in [0.5, 0.6) is 0 Å². The SMILES string of the molecule is O=C1NC(c2ccco2)=N/C1=C/c1ccco1. The second-order valence-corrected chi connectivity index (χ2v) is 3.44. The number of hydrogen-bond donors (Lipinski definition) is 1. The van der Waals surface area contributed by atoms with E-state index >= 15 is 0 Å². The zero-order chi connectivity index (χ0) is 11.7. The van der Waals surface area contributed by atoms with Gasteiger partial charge in [0.2, 0.25) is 0 Å². The normalized spacial score (nSPS) is 17.3. The summed E-state index contributed by atoms with van der Waals surface area (Å²) >= 11 is 0. The first kappa shape index (κ1) is 9.65. The van der Waals surface area contributed by atoms with Crippen LogP contribution in [0, 0.1) is 0 Å². The number of amides is 1. The van der Waals surface area contributed by atoms with Crippen molar-refractivity contribution >= 4 is 17.8 Å². The van der Waals surface area contributed by atoms with Crippen molar-refractivity contribution in [3.8, 4) is 0 Å². The molecule has 2 aromatic heterocycles. The Bertz CT molecular complexity index is 592. The Morgan fingerprint density at radius 3 is 2.71 bits per heavy atom. The quantitative estimate of drug-likeness (QED) is 0.797. The van der Waals surface area contributed by atoms with E-state index in [0.29, 0.717) is 23.1 Å². The maximum absolute atomic E-state index is 11.6. The molecule has 0 bridgehead atoms. The molecule has 0 spiro atoms. The molecule has 1 amide bonds. The highest BCUT2D eigenvalue weighted by molar-refractivity contribution is 6.18. The lowest BCUT2D eigenvalue weighted by Gasteiger charge is -1.92. The average Bonchev–Trinajstić information content (AvgIpc) is 3.02. The smallest absolute Gasteiger partial charge is 0.275 e. The third-order valence-electron chi connectivity index (χ3n) is 2.27. The van der Waals surface area contributed by atoms with Gasteiger partial charge in [0.25, 0.3) is 5.91 Å². The van der Waals surface area contributed by atoms with Crippen molar-refractivity contribution < 1.29 is 13.6 Å². The molecule has 1 N–H and O–H groups in total. The van der Waals surface area contributed by atoms with Crippen molar-refractivity contribution in [2.24, 2.45) is 4.99 Å². The first-order valence-corrected chi connectivity index (χ1v) is 5.02. The number of amidine groups is 1. The first-order chi connectivity index (χ1) is 8.33. The molecule has 84 valence electrons. The van der Waals surface area contributed by atoms with Gasteiger partial charge in [0.05, 0.1) is 12.5 Å². The van der Waals surface area contributed by atoms with E-state index in [2.05, 4.69) is 10.3 Å². The fraction of sp³-hybridized carbons (Fsp3) is 0. The zero-order valence-corrected chi connectivity index (χ0v) is 8.71. The van der Waals surface area contributed by atoms with Crippen molar-refractivity contribution in [2.75, 3.05) is 0 Å².